The summed E-state index contributed by atoms with van der Waals surface area (Å²) in [5.41, 5.74) is 0.863. The van der Waals surface area contributed by atoms with E-state index in [-0.39, 0.29) is 17.9 Å². The first-order valence-electron chi connectivity index (χ1n) is 8.76. The van der Waals surface area contributed by atoms with Gasteiger partial charge in [0.1, 0.15) is 17.4 Å². The quantitative estimate of drug-likeness (QED) is 0.850. The molecular weight excluding hydrogens is 318 g/mol. The number of hydrogen-bond acceptors (Lipinski definition) is 5. The average molecular weight is 339 g/mol. The molecule has 25 heavy (non-hydrogen) atoms. The van der Waals surface area contributed by atoms with Crippen LogP contribution in [-0.4, -0.2) is 58.9 Å². The van der Waals surface area contributed by atoms with Crippen molar-refractivity contribution >= 4 is 22.7 Å². The van der Waals surface area contributed by atoms with Crippen LogP contribution in [0, 0.1) is 0 Å². The summed E-state index contributed by atoms with van der Waals surface area (Å²) >= 11 is 0. The second-order valence-electron chi connectivity index (χ2n) is 6.64. The van der Waals surface area contributed by atoms with Crippen LogP contribution in [0.4, 0.5) is 0 Å². The molecule has 6 heteroatoms. The molecule has 3 heterocycles. The molecule has 1 aromatic heterocycles. The van der Waals surface area contributed by atoms with Crippen LogP contribution < -0.4 is 4.74 Å². The largest absolute Gasteiger partial charge is 0.487 e. The molecule has 2 saturated heterocycles. The van der Waals surface area contributed by atoms with Crippen LogP contribution in [0.25, 0.3) is 10.9 Å². The third-order valence-electron chi connectivity index (χ3n) is 4.85. The van der Waals surface area contributed by atoms with E-state index in [0.29, 0.717) is 26.1 Å². The monoisotopic (exact) mass is 339 g/mol. The van der Waals surface area contributed by atoms with Gasteiger partial charge in [-0.2, -0.15) is 0 Å². The van der Waals surface area contributed by atoms with Crippen molar-refractivity contribution in [2.75, 3.05) is 26.2 Å². The number of ether oxygens (including phenoxy) is 1. The molecule has 0 aliphatic carbocycles. The molecule has 130 valence electrons. The number of carbonyl (C=O) groups excluding carboxylic acids is 2. The van der Waals surface area contributed by atoms with Crippen LogP contribution in [-0.2, 0) is 9.59 Å². The predicted molar refractivity (Wildman–Crippen MR) is 93.2 cm³/mol. The number of imide groups is 1. The molecule has 1 atom stereocenters. The Balaban J connectivity index is 1.37. The van der Waals surface area contributed by atoms with Gasteiger partial charge < -0.3 is 4.74 Å². The van der Waals surface area contributed by atoms with Gasteiger partial charge in [-0.05, 0) is 25.0 Å². The third-order valence-corrected chi connectivity index (χ3v) is 4.85. The van der Waals surface area contributed by atoms with Crippen molar-refractivity contribution in [3.8, 4) is 5.75 Å². The average Bonchev–Trinajstić information content (AvgIpc) is 3.24. The van der Waals surface area contributed by atoms with Crippen LogP contribution >= 0.6 is 0 Å². The highest BCUT2D eigenvalue weighted by Crippen LogP contribution is 2.26. The van der Waals surface area contributed by atoms with E-state index in [4.69, 9.17) is 4.74 Å². The first-order valence-corrected chi connectivity index (χ1v) is 8.76. The minimum atomic E-state index is -0.0880. The van der Waals surface area contributed by atoms with Gasteiger partial charge in [-0.3, -0.25) is 24.4 Å². The number of fused-ring (bicyclic) bond motifs is 1. The van der Waals surface area contributed by atoms with Crippen LogP contribution in [0.5, 0.6) is 5.75 Å². The van der Waals surface area contributed by atoms with E-state index >= 15 is 0 Å². The SMILES string of the molecule is O=C1CCCN1C(=O)CN1CC[C@H](Oc2cccc3cccnc23)C1. The molecule has 0 saturated carbocycles. The van der Waals surface area contributed by atoms with E-state index in [0.717, 1.165) is 36.0 Å². The number of hydrogen-bond donors (Lipinski definition) is 0. The second kappa shape index (κ2) is 6.80. The summed E-state index contributed by atoms with van der Waals surface area (Å²) < 4.78 is 6.15. The Labute approximate surface area is 146 Å². The lowest BCUT2D eigenvalue weighted by Crippen LogP contribution is -2.40. The van der Waals surface area contributed by atoms with Gasteiger partial charge in [-0.1, -0.05) is 18.2 Å². The van der Waals surface area contributed by atoms with Gasteiger partial charge in [0.2, 0.25) is 11.8 Å². The summed E-state index contributed by atoms with van der Waals surface area (Å²) in [7, 11) is 0. The van der Waals surface area contributed by atoms with E-state index in [1.54, 1.807) is 6.20 Å². The molecule has 0 unspecified atom stereocenters. The maximum absolute atomic E-state index is 12.3. The van der Waals surface area contributed by atoms with Gasteiger partial charge in [0.05, 0.1) is 6.54 Å². The van der Waals surface area contributed by atoms with E-state index in [2.05, 4.69) is 9.88 Å². The summed E-state index contributed by atoms with van der Waals surface area (Å²) in [6.45, 7) is 2.35. The molecular formula is C19H21N3O3. The van der Waals surface area contributed by atoms with Gasteiger partial charge >= 0.3 is 0 Å². The fraction of sp³-hybridized carbons (Fsp3) is 0.421. The topological polar surface area (TPSA) is 62.7 Å². The molecule has 4 rings (SSSR count). The standard InChI is InChI=1S/C19H21N3O3/c23-17-7-3-10-22(17)18(24)13-21-11-8-15(12-21)25-16-6-1-4-14-5-2-9-20-19(14)16/h1-2,4-6,9,15H,3,7-8,10-13H2/t15-/m0/s1. The molecule has 0 spiro atoms. The van der Waals surface area contributed by atoms with Crippen molar-refractivity contribution in [1.82, 2.24) is 14.8 Å². The summed E-state index contributed by atoms with van der Waals surface area (Å²) in [5, 5.41) is 1.05. The van der Waals surface area contributed by atoms with Crippen LogP contribution in [0.1, 0.15) is 19.3 Å². The van der Waals surface area contributed by atoms with Crippen molar-refractivity contribution in [2.45, 2.75) is 25.4 Å². The zero-order chi connectivity index (χ0) is 17.2. The summed E-state index contributed by atoms with van der Waals surface area (Å²) in [5.74, 6) is 0.653. The Morgan fingerprint density at radius 2 is 2.12 bits per heavy atom. The molecule has 2 aliphatic heterocycles. The number of aromatic nitrogens is 1. The van der Waals surface area contributed by atoms with Crippen LogP contribution in [0.3, 0.4) is 0 Å². The molecule has 0 N–H and O–H groups in total. The number of rotatable bonds is 4. The number of carbonyl (C=O) groups is 2. The lowest BCUT2D eigenvalue weighted by Gasteiger charge is -2.20. The van der Waals surface area contributed by atoms with E-state index in [1.165, 1.54) is 4.90 Å². The Morgan fingerprint density at radius 3 is 2.96 bits per heavy atom. The van der Waals surface area contributed by atoms with Crippen molar-refractivity contribution in [1.29, 1.82) is 0 Å². The molecule has 6 nitrogen and oxygen atoms in total. The van der Waals surface area contributed by atoms with Crippen molar-refractivity contribution in [3.63, 3.8) is 0 Å². The van der Waals surface area contributed by atoms with E-state index < -0.39 is 0 Å². The lowest BCUT2D eigenvalue weighted by molar-refractivity contribution is -0.142. The molecule has 0 bridgehead atoms. The van der Waals surface area contributed by atoms with Crippen molar-refractivity contribution in [3.05, 3.63) is 36.5 Å². The molecule has 1 aromatic carbocycles. The maximum atomic E-state index is 12.3. The molecule has 0 radical (unpaired) electrons. The zero-order valence-electron chi connectivity index (χ0n) is 14.1. The number of nitrogens with zero attached hydrogens (tertiary/aromatic N) is 3. The Morgan fingerprint density at radius 1 is 1.24 bits per heavy atom. The van der Waals surface area contributed by atoms with E-state index in [1.807, 2.05) is 30.3 Å². The summed E-state index contributed by atoms with van der Waals surface area (Å²) in [4.78, 5) is 31.8. The van der Waals surface area contributed by atoms with Gasteiger partial charge in [-0.25, -0.2) is 0 Å². The maximum Gasteiger partial charge on any atom is 0.243 e. The Kier molecular flexibility index (Phi) is 4.36. The van der Waals surface area contributed by atoms with Gasteiger partial charge in [0, 0.05) is 37.6 Å². The molecule has 2 amide bonds. The smallest absolute Gasteiger partial charge is 0.243 e. The van der Waals surface area contributed by atoms with E-state index in [9.17, 15) is 9.59 Å². The van der Waals surface area contributed by atoms with Crippen molar-refractivity contribution in [2.24, 2.45) is 0 Å². The molecule has 2 fully saturated rings. The Hall–Kier alpha value is -2.47. The second-order valence-corrected chi connectivity index (χ2v) is 6.64. The highest BCUT2D eigenvalue weighted by molar-refractivity contribution is 5.97. The molecule has 2 aliphatic rings. The highest BCUT2D eigenvalue weighted by atomic mass is 16.5. The van der Waals surface area contributed by atoms with Gasteiger partial charge in [0.15, 0.2) is 0 Å². The number of benzene rings is 1. The van der Waals surface area contributed by atoms with Crippen molar-refractivity contribution < 1.29 is 14.3 Å². The van der Waals surface area contributed by atoms with Gasteiger partial charge in [-0.15, -0.1) is 0 Å². The fourth-order valence-electron chi connectivity index (χ4n) is 3.58. The third kappa shape index (κ3) is 3.35. The highest BCUT2D eigenvalue weighted by Gasteiger charge is 2.31. The summed E-state index contributed by atoms with van der Waals surface area (Å²) in [6.07, 6.45) is 3.94. The summed E-state index contributed by atoms with van der Waals surface area (Å²) in [6, 6.07) is 9.85. The number of pyridine rings is 1. The van der Waals surface area contributed by atoms with Gasteiger partial charge in [0.25, 0.3) is 0 Å². The number of amides is 2. The first kappa shape index (κ1) is 16.0. The minimum absolute atomic E-state index is 0.0367. The fourth-order valence-corrected chi connectivity index (χ4v) is 3.58. The van der Waals surface area contributed by atoms with Crippen LogP contribution in [0.15, 0.2) is 36.5 Å². The Bertz CT molecular complexity index is 802. The number of para-hydroxylation sites is 1. The number of likely N-dealkylation sites (tertiary alicyclic amines) is 2. The molecule has 2 aromatic rings. The van der Waals surface area contributed by atoms with Crippen LogP contribution in [0.2, 0.25) is 0 Å². The minimum Gasteiger partial charge on any atom is -0.487 e. The lowest BCUT2D eigenvalue weighted by atomic mass is 10.2. The normalized spacial score (nSPS) is 21.2. The predicted octanol–water partition coefficient (Wildman–Crippen LogP) is 1.84. The first-order chi connectivity index (χ1) is 12.2. The zero-order valence-corrected chi connectivity index (χ0v) is 14.1.